The number of aromatic nitrogens is 1. The first-order valence-corrected chi connectivity index (χ1v) is 8.43. The first-order valence-electron chi connectivity index (χ1n) is 6.21. The summed E-state index contributed by atoms with van der Waals surface area (Å²) in [7, 11) is 1.28. The molecule has 0 fully saturated rings. The minimum atomic E-state index is -3.41. The van der Waals surface area contributed by atoms with Gasteiger partial charge in [0.05, 0.1) is 16.7 Å². The fourth-order valence-electron chi connectivity index (χ4n) is 1.69. The Bertz CT molecular complexity index is 535. The predicted molar refractivity (Wildman–Crippen MR) is 79.7 cm³/mol. The molecule has 1 rings (SSSR count). The van der Waals surface area contributed by atoms with E-state index in [0.29, 0.717) is 5.92 Å². The van der Waals surface area contributed by atoms with E-state index >= 15 is 0 Å². The summed E-state index contributed by atoms with van der Waals surface area (Å²) in [5.41, 5.74) is 0.919. The highest BCUT2D eigenvalue weighted by atomic mass is 32.2. The molecule has 1 atom stereocenters. The van der Waals surface area contributed by atoms with Gasteiger partial charge < -0.3 is 0 Å². The van der Waals surface area contributed by atoms with Gasteiger partial charge in [0.2, 0.25) is 0 Å². The summed E-state index contributed by atoms with van der Waals surface area (Å²) in [5, 5.41) is 1.05. The van der Waals surface area contributed by atoms with Gasteiger partial charge in [-0.15, -0.1) is 11.3 Å². The average molecular weight is 305 g/mol. The molecular weight excluding hydrogens is 282 g/mol. The number of rotatable bonds is 5. The molecule has 19 heavy (non-hydrogen) atoms. The lowest BCUT2D eigenvalue weighted by Gasteiger charge is -2.26. The van der Waals surface area contributed by atoms with E-state index in [1.807, 2.05) is 13.8 Å². The van der Waals surface area contributed by atoms with Gasteiger partial charge in [-0.25, -0.2) is 4.98 Å². The molecule has 0 aliphatic heterocycles. The topological polar surface area (TPSA) is 53.5 Å². The third-order valence-corrected chi connectivity index (χ3v) is 6.69. The van der Waals surface area contributed by atoms with E-state index in [0.717, 1.165) is 15.6 Å². The lowest BCUT2D eigenvalue weighted by Crippen LogP contribution is -2.38. The molecular formula is C12H23N3O2S2. The van der Waals surface area contributed by atoms with Crippen molar-refractivity contribution in [2.75, 3.05) is 21.1 Å². The van der Waals surface area contributed by atoms with E-state index in [1.54, 1.807) is 18.4 Å². The van der Waals surface area contributed by atoms with Crippen LogP contribution >= 0.6 is 11.3 Å². The van der Waals surface area contributed by atoms with Crippen LogP contribution in [0.5, 0.6) is 0 Å². The van der Waals surface area contributed by atoms with Crippen molar-refractivity contribution in [3.8, 4) is 0 Å². The Kier molecular flexibility index (Phi) is 5.11. The number of nitrogens with zero attached hydrogens (tertiary/aromatic N) is 3. The Morgan fingerprint density at radius 1 is 1.16 bits per heavy atom. The van der Waals surface area contributed by atoms with E-state index in [9.17, 15) is 8.42 Å². The van der Waals surface area contributed by atoms with Crippen LogP contribution in [0.1, 0.15) is 48.3 Å². The summed E-state index contributed by atoms with van der Waals surface area (Å²) in [4.78, 5) is 5.53. The van der Waals surface area contributed by atoms with Crippen molar-refractivity contribution in [1.29, 1.82) is 0 Å². The van der Waals surface area contributed by atoms with Gasteiger partial charge in [-0.2, -0.15) is 17.0 Å². The molecule has 0 aliphatic carbocycles. The van der Waals surface area contributed by atoms with Crippen molar-refractivity contribution >= 4 is 21.5 Å². The summed E-state index contributed by atoms with van der Waals surface area (Å²) in [5.74, 6) is 0.361. The van der Waals surface area contributed by atoms with Crippen LogP contribution in [0, 0.1) is 6.92 Å². The van der Waals surface area contributed by atoms with E-state index in [1.165, 1.54) is 22.7 Å². The van der Waals surface area contributed by atoms with E-state index in [2.05, 4.69) is 18.8 Å². The van der Waals surface area contributed by atoms with Gasteiger partial charge >= 0.3 is 0 Å². The van der Waals surface area contributed by atoms with Crippen molar-refractivity contribution in [3.05, 3.63) is 15.6 Å². The maximum atomic E-state index is 12.1. The quantitative estimate of drug-likeness (QED) is 0.839. The third kappa shape index (κ3) is 3.34. The smallest absolute Gasteiger partial charge is 0.246 e. The minimum Gasteiger partial charge on any atom is -0.246 e. The fraction of sp³-hybridized carbons (Fsp3) is 0.750. The number of thiazole rings is 1. The summed E-state index contributed by atoms with van der Waals surface area (Å²) in [6.45, 7) is 8.01. The molecule has 0 aliphatic rings. The predicted octanol–water partition coefficient (Wildman–Crippen LogP) is 2.37. The molecule has 0 radical (unpaired) electrons. The Balaban J connectivity index is 3.10. The molecule has 0 saturated heterocycles. The summed E-state index contributed by atoms with van der Waals surface area (Å²) < 4.78 is 26.9. The zero-order valence-corrected chi connectivity index (χ0v) is 14.3. The second-order valence-electron chi connectivity index (χ2n) is 5.14. The summed E-state index contributed by atoms with van der Waals surface area (Å²) >= 11 is 1.60. The van der Waals surface area contributed by atoms with Crippen molar-refractivity contribution < 1.29 is 8.42 Å². The van der Waals surface area contributed by atoms with E-state index in [4.69, 9.17) is 0 Å². The Labute approximate surface area is 120 Å². The Morgan fingerprint density at radius 3 is 2.05 bits per heavy atom. The molecule has 0 spiro atoms. The summed E-state index contributed by atoms with van der Waals surface area (Å²) in [6.07, 6.45) is 0. The molecule has 1 aromatic heterocycles. The second kappa shape index (κ2) is 5.87. The van der Waals surface area contributed by atoms with Crippen LogP contribution in [0.25, 0.3) is 0 Å². The molecule has 0 aromatic carbocycles. The molecule has 1 heterocycles. The van der Waals surface area contributed by atoms with Crippen molar-refractivity contribution in [3.63, 3.8) is 0 Å². The van der Waals surface area contributed by atoms with Gasteiger partial charge in [-0.3, -0.25) is 0 Å². The molecule has 7 heteroatoms. The van der Waals surface area contributed by atoms with Crippen LogP contribution in [0.15, 0.2) is 0 Å². The first-order chi connectivity index (χ1) is 8.59. The zero-order valence-electron chi connectivity index (χ0n) is 12.6. The SMILES string of the molecule is Cc1nc(C(C)C)sc1[C@@H](C)N(C)S(=O)(=O)N(C)C. The van der Waals surface area contributed by atoms with Gasteiger partial charge in [-0.05, 0) is 13.8 Å². The number of hydrogen-bond acceptors (Lipinski definition) is 4. The molecule has 1 aromatic rings. The highest BCUT2D eigenvalue weighted by Crippen LogP contribution is 2.33. The Hall–Kier alpha value is -0.500. The maximum absolute atomic E-state index is 12.1. The van der Waals surface area contributed by atoms with Crippen LogP contribution in [0.4, 0.5) is 0 Å². The van der Waals surface area contributed by atoms with Crippen LogP contribution in [0.3, 0.4) is 0 Å². The molecule has 0 amide bonds. The van der Waals surface area contributed by atoms with Crippen molar-refractivity contribution in [2.45, 2.75) is 39.7 Å². The lowest BCUT2D eigenvalue weighted by atomic mass is 10.2. The van der Waals surface area contributed by atoms with Crippen LogP contribution in [-0.2, 0) is 10.2 Å². The molecule has 0 bridgehead atoms. The van der Waals surface area contributed by atoms with Gasteiger partial charge in [0.1, 0.15) is 0 Å². The van der Waals surface area contributed by atoms with Gasteiger partial charge in [-0.1, -0.05) is 13.8 Å². The number of aryl methyl sites for hydroxylation is 1. The molecule has 0 saturated carbocycles. The van der Waals surface area contributed by atoms with E-state index < -0.39 is 10.2 Å². The zero-order chi connectivity index (χ0) is 15.0. The second-order valence-corrected chi connectivity index (χ2v) is 8.40. The van der Waals surface area contributed by atoms with Crippen LogP contribution in [0.2, 0.25) is 0 Å². The highest BCUT2D eigenvalue weighted by molar-refractivity contribution is 7.86. The lowest BCUT2D eigenvalue weighted by molar-refractivity contribution is 0.367. The summed E-state index contributed by atoms with van der Waals surface area (Å²) in [6, 6.07) is -0.211. The Morgan fingerprint density at radius 2 is 1.68 bits per heavy atom. The van der Waals surface area contributed by atoms with Gasteiger partial charge in [0.25, 0.3) is 10.2 Å². The molecule has 110 valence electrons. The largest absolute Gasteiger partial charge is 0.281 e. The van der Waals surface area contributed by atoms with Crippen LogP contribution in [-0.4, -0.2) is 43.2 Å². The van der Waals surface area contributed by atoms with Gasteiger partial charge in [0, 0.05) is 31.9 Å². The average Bonchev–Trinajstić information content (AvgIpc) is 2.69. The number of hydrogen-bond donors (Lipinski definition) is 0. The van der Waals surface area contributed by atoms with Crippen molar-refractivity contribution in [2.24, 2.45) is 0 Å². The highest BCUT2D eigenvalue weighted by Gasteiger charge is 2.29. The third-order valence-electron chi connectivity index (χ3n) is 3.09. The van der Waals surface area contributed by atoms with Gasteiger partial charge in [0.15, 0.2) is 0 Å². The minimum absolute atomic E-state index is 0.211. The molecule has 0 N–H and O–H groups in total. The molecule has 5 nitrogen and oxygen atoms in total. The van der Waals surface area contributed by atoms with E-state index in [-0.39, 0.29) is 6.04 Å². The first kappa shape index (κ1) is 16.6. The standard InChI is InChI=1S/C12H23N3O2S2/c1-8(2)12-13-9(3)11(18-12)10(4)15(7)19(16,17)14(5)6/h8,10H,1-7H3/t10-/m1/s1. The molecule has 0 unspecified atom stereocenters. The fourth-order valence-corrected chi connectivity index (χ4v) is 3.94. The maximum Gasteiger partial charge on any atom is 0.281 e. The monoisotopic (exact) mass is 305 g/mol. The van der Waals surface area contributed by atoms with Crippen molar-refractivity contribution in [1.82, 2.24) is 13.6 Å². The van der Waals surface area contributed by atoms with Crippen LogP contribution < -0.4 is 0 Å². The normalized spacial score (nSPS) is 14.6.